The number of para-hydroxylation sites is 1. The van der Waals surface area contributed by atoms with Crippen LogP contribution in [0.3, 0.4) is 0 Å². The fraction of sp³-hybridized carbons (Fsp3) is 0.467. The first kappa shape index (κ1) is 15.3. The second kappa shape index (κ2) is 6.58. The molecule has 21 heavy (non-hydrogen) atoms. The van der Waals surface area contributed by atoms with Gasteiger partial charge in [-0.25, -0.2) is 4.79 Å². The van der Waals surface area contributed by atoms with Crippen LogP contribution in [0.1, 0.15) is 18.9 Å². The summed E-state index contributed by atoms with van der Waals surface area (Å²) in [6.07, 6.45) is 0.695. The predicted octanol–water partition coefficient (Wildman–Crippen LogP) is 1.95. The van der Waals surface area contributed by atoms with Crippen molar-refractivity contribution in [2.24, 2.45) is 0 Å². The van der Waals surface area contributed by atoms with Crippen molar-refractivity contribution in [3.8, 4) is 0 Å². The Morgan fingerprint density at radius 1 is 1.43 bits per heavy atom. The van der Waals surface area contributed by atoms with Crippen LogP contribution in [0.15, 0.2) is 24.3 Å². The number of urea groups is 1. The fourth-order valence-corrected chi connectivity index (χ4v) is 2.54. The number of amides is 2. The molecule has 0 aliphatic carbocycles. The summed E-state index contributed by atoms with van der Waals surface area (Å²) in [7, 11) is 1.73. The highest BCUT2D eigenvalue weighted by Crippen LogP contribution is 2.21. The van der Waals surface area contributed by atoms with Crippen LogP contribution in [-0.4, -0.2) is 47.8 Å². The van der Waals surface area contributed by atoms with E-state index in [2.05, 4.69) is 5.32 Å². The molecule has 0 spiro atoms. The van der Waals surface area contributed by atoms with Crippen LogP contribution >= 0.6 is 0 Å². The van der Waals surface area contributed by atoms with Gasteiger partial charge in [-0.1, -0.05) is 18.2 Å². The van der Waals surface area contributed by atoms with E-state index in [-0.39, 0.29) is 24.6 Å². The molecule has 1 fully saturated rings. The second-order valence-electron chi connectivity index (χ2n) is 5.20. The summed E-state index contributed by atoms with van der Waals surface area (Å²) in [5.74, 6) is -0.928. The maximum Gasteiger partial charge on any atom is 0.321 e. The van der Waals surface area contributed by atoms with Crippen molar-refractivity contribution in [3.05, 3.63) is 29.8 Å². The number of likely N-dealkylation sites (N-methyl/N-ethyl adjacent to an activating group) is 1. The van der Waals surface area contributed by atoms with Crippen molar-refractivity contribution in [1.82, 2.24) is 4.90 Å². The van der Waals surface area contributed by atoms with Crippen LogP contribution in [0.5, 0.6) is 0 Å². The molecule has 2 N–H and O–H groups in total. The summed E-state index contributed by atoms with van der Waals surface area (Å²) < 4.78 is 5.46. The van der Waals surface area contributed by atoms with Crippen LogP contribution in [0, 0.1) is 0 Å². The van der Waals surface area contributed by atoms with Crippen molar-refractivity contribution >= 4 is 17.7 Å². The Morgan fingerprint density at radius 2 is 2.14 bits per heavy atom. The van der Waals surface area contributed by atoms with Gasteiger partial charge in [0.15, 0.2) is 0 Å². The third-order valence-electron chi connectivity index (χ3n) is 3.75. The molecule has 0 aromatic heterocycles. The van der Waals surface area contributed by atoms with Crippen molar-refractivity contribution < 1.29 is 19.4 Å². The van der Waals surface area contributed by atoms with Gasteiger partial charge in [0, 0.05) is 19.3 Å². The van der Waals surface area contributed by atoms with Crippen molar-refractivity contribution in [2.75, 3.05) is 19.0 Å². The number of hydrogen-bond donors (Lipinski definition) is 2. The van der Waals surface area contributed by atoms with Gasteiger partial charge in [0.2, 0.25) is 0 Å². The first-order chi connectivity index (χ1) is 9.99. The lowest BCUT2D eigenvalue weighted by molar-refractivity contribution is -0.136. The van der Waals surface area contributed by atoms with Gasteiger partial charge in [0.1, 0.15) is 0 Å². The number of ether oxygens (including phenoxy) is 1. The Balaban J connectivity index is 2.07. The van der Waals surface area contributed by atoms with E-state index in [1.165, 1.54) is 0 Å². The lowest BCUT2D eigenvalue weighted by Crippen LogP contribution is -2.43. The van der Waals surface area contributed by atoms with E-state index in [4.69, 9.17) is 9.84 Å². The molecule has 0 radical (unpaired) electrons. The Morgan fingerprint density at radius 3 is 2.76 bits per heavy atom. The molecule has 2 atom stereocenters. The Hall–Kier alpha value is -2.08. The monoisotopic (exact) mass is 292 g/mol. The summed E-state index contributed by atoms with van der Waals surface area (Å²) in [4.78, 5) is 24.8. The minimum absolute atomic E-state index is 0.00927. The number of carbonyl (C=O) groups is 2. The number of hydrogen-bond acceptors (Lipinski definition) is 3. The average molecular weight is 292 g/mol. The number of nitrogens with one attached hydrogen (secondary N) is 1. The zero-order chi connectivity index (χ0) is 15.4. The van der Waals surface area contributed by atoms with Crippen LogP contribution in [0.2, 0.25) is 0 Å². The smallest absolute Gasteiger partial charge is 0.321 e. The van der Waals surface area contributed by atoms with E-state index in [0.29, 0.717) is 17.9 Å². The highest BCUT2D eigenvalue weighted by atomic mass is 16.5. The maximum absolute atomic E-state index is 12.3. The minimum Gasteiger partial charge on any atom is -0.481 e. The third-order valence-corrected chi connectivity index (χ3v) is 3.75. The number of nitrogens with zero attached hydrogens (tertiary/aromatic N) is 1. The van der Waals surface area contributed by atoms with Crippen molar-refractivity contribution in [2.45, 2.75) is 31.9 Å². The van der Waals surface area contributed by atoms with Gasteiger partial charge in [-0.05, 0) is 25.0 Å². The van der Waals surface area contributed by atoms with Crippen LogP contribution < -0.4 is 5.32 Å². The number of aliphatic carboxylic acids is 1. The lowest BCUT2D eigenvalue weighted by atomic mass is 10.1. The molecule has 6 nitrogen and oxygen atoms in total. The fourth-order valence-electron chi connectivity index (χ4n) is 2.54. The van der Waals surface area contributed by atoms with Crippen LogP contribution in [0.4, 0.5) is 10.5 Å². The van der Waals surface area contributed by atoms with E-state index in [9.17, 15) is 9.59 Å². The van der Waals surface area contributed by atoms with E-state index in [0.717, 1.165) is 6.42 Å². The Bertz CT molecular complexity index is 532. The average Bonchev–Trinajstić information content (AvgIpc) is 2.85. The topological polar surface area (TPSA) is 78.9 Å². The van der Waals surface area contributed by atoms with E-state index >= 15 is 0 Å². The summed E-state index contributed by atoms with van der Waals surface area (Å²) in [6, 6.07) is 6.71. The normalized spacial score (nSPS) is 21.0. The quantitative estimate of drug-likeness (QED) is 0.889. The summed E-state index contributed by atoms with van der Waals surface area (Å²) >= 11 is 0. The van der Waals surface area contributed by atoms with Gasteiger partial charge in [0.05, 0.1) is 18.6 Å². The van der Waals surface area contributed by atoms with E-state index in [1.54, 1.807) is 36.2 Å². The predicted molar refractivity (Wildman–Crippen MR) is 78.4 cm³/mol. The maximum atomic E-state index is 12.3. The Kier molecular flexibility index (Phi) is 4.80. The zero-order valence-corrected chi connectivity index (χ0v) is 12.2. The van der Waals surface area contributed by atoms with Gasteiger partial charge < -0.3 is 20.1 Å². The SMILES string of the molecule is CC1OCCC1N(C)C(=O)Nc1ccccc1CC(=O)O. The van der Waals surface area contributed by atoms with E-state index < -0.39 is 5.97 Å². The zero-order valence-electron chi connectivity index (χ0n) is 12.2. The van der Waals surface area contributed by atoms with Crippen molar-refractivity contribution in [3.63, 3.8) is 0 Å². The molecule has 6 heteroatoms. The molecule has 1 aromatic carbocycles. The van der Waals surface area contributed by atoms with Crippen LogP contribution in [0.25, 0.3) is 0 Å². The molecule has 1 aliphatic heterocycles. The van der Waals surface area contributed by atoms with Gasteiger partial charge in [-0.15, -0.1) is 0 Å². The highest BCUT2D eigenvalue weighted by Gasteiger charge is 2.30. The molecular weight excluding hydrogens is 272 g/mol. The third kappa shape index (κ3) is 3.72. The highest BCUT2D eigenvalue weighted by molar-refractivity contribution is 5.91. The molecule has 0 bridgehead atoms. The minimum atomic E-state index is -0.928. The van der Waals surface area contributed by atoms with Crippen LogP contribution in [-0.2, 0) is 16.0 Å². The first-order valence-corrected chi connectivity index (χ1v) is 6.94. The molecule has 1 heterocycles. The number of benzene rings is 1. The molecule has 1 saturated heterocycles. The van der Waals surface area contributed by atoms with E-state index in [1.807, 2.05) is 6.92 Å². The molecule has 2 unspecified atom stereocenters. The number of rotatable bonds is 4. The van der Waals surface area contributed by atoms with Crippen molar-refractivity contribution in [1.29, 1.82) is 0 Å². The molecule has 114 valence electrons. The summed E-state index contributed by atoms with van der Waals surface area (Å²) in [5, 5.41) is 11.7. The Labute approximate surface area is 123 Å². The molecule has 2 rings (SSSR count). The number of anilines is 1. The summed E-state index contributed by atoms with van der Waals surface area (Å²) in [6.45, 7) is 2.60. The number of carbonyl (C=O) groups excluding carboxylic acids is 1. The van der Waals surface area contributed by atoms with Gasteiger partial charge in [-0.2, -0.15) is 0 Å². The number of carboxylic acids is 1. The van der Waals surface area contributed by atoms with Gasteiger partial charge in [0.25, 0.3) is 0 Å². The van der Waals surface area contributed by atoms with Gasteiger partial charge >= 0.3 is 12.0 Å². The standard InChI is InChI=1S/C15H20N2O4/c1-10-13(7-8-21-10)17(2)15(20)16-12-6-4-3-5-11(12)9-14(18)19/h3-6,10,13H,7-9H2,1-2H3,(H,16,20)(H,18,19). The molecule has 2 amide bonds. The van der Waals surface area contributed by atoms with Gasteiger partial charge in [-0.3, -0.25) is 4.79 Å². The molecular formula is C15H20N2O4. The first-order valence-electron chi connectivity index (χ1n) is 6.94. The number of carboxylic acid groups (broad SMARTS) is 1. The largest absolute Gasteiger partial charge is 0.481 e. The summed E-state index contributed by atoms with van der Waals surface area (Å²) in [5.41, 5.74) is 1.12. The second-order valence-corrected chi connectivity index (χ2v) is 5.20. The molecule has 1 aliphatic rings. The molecule has 0 saturated carbocycles. The lowest BCUT2D eigenvalue weighted by Gasteiger charge is -2.27. The molecule has 1 aromatic rings.